The molecule has 0 spiro atoms. The van der Waals surface area contributed by atoms with Crippen molar-refractivity contribution in [2.24, 2.45) is 0 Å². The summed E-state index contributed by atoms with van der Waals surface area (Å²) in [7, 11) is 0. The van der Waals surface area contributed by atoms with Crippen LogP contribution in [0, 0.1) is 11.6 Å². The fourth-order valence-electron chi connectivity index (χ4n) is 3.00. The number of piperidine rings is 1. The van der Waals surface area contributed by atoms with Gasteiger partial charge in [-0.25, -0.2) is 18.7 Å². The Bertz CT molecular complexity index is 908. The van der Waals surface area contributed by atoms with Gasteiger partial charge in [-0.15, -0.1) is 0 Å². The third kappa shape index (κ3) is 3.88. The van der Waals surface area contributed by atoms with Crippen molar-refractivity contribution < 1.29 is 13.5 Å². The van der Waals surface area contributed by atoms with Gasteiger partial charge in [0.05, 0.1) is 5.52 Å². The predicted octanol–water partition coefficient (Wildman–Crippen LogP) is 3.78. The molecule has 2 N–H and O–H groups in total. The number of aromatic nitrogens is 2. The molecule has 0 aliphatic carbocycles. The minimum Gasteiger partial charge on any atom is -0.490 e. The molecule has 1 saturated heterocycles. The number of nitrogens with one attached hydrogen (secondary N) is 2. The van der Waals surface area contributed by atoms with Gasteiger partial charge in [0.15, 0.2) is 0 Å². The van der Waals surface area contributed by atoms with E-state index < -0.39 is 11.6 Å². The Morgan fingerprint density at radius 1 is 1.04 bits per heavy atom. The maximum Gasteiger partial charge on any atom is 0.227 e. The van der Waals surface area contributed by atoms with Gasteiger partial charge in [-0.05, 0) is 50.2 Å². The zero-order chi connectivity index (χ0) is 17.9. The Balaban J connectivity index is 1.56. The van der Waals surface area contributed by atoms with Crippen molar-refractivity contribution in [2.75, 3.05) is 18.4 Å². The standard InChI is InChI=1S/C19H18F2N4O/c20-13-7-14(21)9-15(8-13)24-19-23-11-12-1-2-17(10-18(12)25-19)26-16-3-5-22-6-4-16/h1-2,7-11,16,22H,3-6H2,(H,23,24,25). The first-order valence-electron chi connectivity index (χ1n) is 8.53. The highest BCUT2D eigenvalue weighted by Crippen LogP contribution is 2.24. The number of anilines is 2. The van der Waals surface area contributed by atoms with Crippen LogP contribution in [0.1, 0.15) is 12.8 Å². The summed E-state index contributed by atoms with van der Waals surface area (Å²) in [5.74, 6) is -0.302. The van der Waals surface area contributed by atoms with E-state index in [0.717, 1.165) is 43.1 Å². The first-order chi connectivity index (χ1) is 12.7. The largest absolute Gasteiger partial charge is 0.490 e. The number of halogens is 2. The van der Waals surface area contributed by atoms with Crippen molar-refractivity contribution in [3.05, 3.63) is 54.2 Å². The van der Waals surface area contributed by atoms with Crippen LogP contribution < -0.4 is 15.4 Å². The Hall–Kier alpha value is -2.80. The molecule has 0 unspecified atom stereocenters. The van der Waals surface area contributed by atoms with Crippen LogP contribution in [0.15, 0.2) is 42.6 Å². The molecule has 1 fully saturated rings. The van der Waals surface area contributed by atoms with Crippen molar-refractivity contribution >= 4 is 22.5 Å². The molecule has 0 atom stereocenters. The van der Waals surface area contributed by atoms with Gasteiger partial charge in [0, 0.05) is 29.4 Å². The average Bonchev–Trinajstić information content (AvgIpc) is 2.61. The Morgan fingerprint density at radius 3 is 2.58 bits per heavy atom. The Morgan fingerprint density at radius 2 is 1.81 bits per heavy atom. The van der Waals surface area contributed by atoms with Gasteiger partial charge in [-0.1, -0.05) is 0 Å². The molecule has 1 aliphatic heterocycles. The second kappa shape index (κ2) is 7.21. The van der Waals surface area contributed by atoms with E-state index in [1.165, 1.54) is 12.1 Å². The summed E-state index contributed by atoms with van der Waals surface area (Å²) in [6.07, 6.45) is 3.80. The molecular weight excluding hydrogens is 338 g/mol. The summed E-state index contributed by atoms with van der Waals surface area (Å²) >= 11 is 0. The molecule has 3 aromatic rings. The van der Waals surface area contributed by atoms with Gasteiger partial charge < -0.3 is 15.4 Å². The molecule has 0 saturated carbocycles. The van der Waals surface area contributed by atoms with Gasteiger partial charge >= 0.3 is 0 Å². The molecule has 7 heteroatoms. The quantitative estimate of drug-likeness (QED) is 0.745. The minimum atomic E-state index is -0.661. The van der Waals surface area contributed by atoms with Crippen LogP contribution in [0.2, 0.25) is 0 Å². The number of benzene rings is 2. The van der Waals surface area contributed by atoms with Crippen LogP contribution in [-0.2, 0) is 0 Å². The normalized spacial score (nSPS) is 15.2. The van der Waals surface area contributed by atoms with E-state index >= 15 is 0 Å². The molecule has 134 valence electrons. The van der Waals surface area contributed by atoms with E-state index in [1.54, 1.807) is 6.20 Å². The first-order valence-corrected chi connectivity index (χ1v) is 8.53. The maximum absolute atomic E-state index is 13.3. The number of rotatable bonds is 4. The van der Waals surface area contributed by atoms with E-state index in [9.17, 15) is 8.78 Å². The van der Waals surface area contributed by atoms with Crippen LogP contribution in [0.4, 0.5) is 20.4 Å². The molecular formula is C19H18F2N4O. The molecule has 1 aliphatic rings. The SMILES string of the molecule is Fc1cc(F)cc(Nc2ncc3ccc(OC4CCNCC4)cc3n2)c1. The van der Waals surface area contributed by atoms with E-state index in [-0.39, 0.29) is 17.7 Å². The fourth-order valence-corrected chi connectivity index (χ4v) is 3.00. The number of ether oxygens (including phenoxy) is 1. The maximum atomic E-state index is 13.3. The summed E-state index contributed by atoms with van der Waals surface area (Å²) in [5, 5.41) is 6.99. The number of fused-ring (bicyclic) bond motifs is 1. The van der Waals surface area contributed by atoms with E-state index in [1.807, 2.05) is 18.2 Å². The Labute approximate surface area is 149 Å². The van der Waals surface area contributed by atoms with E-state index in [2.05, 4.69) is 20.6 Å². The molecule has 0 amide bonds. The lowest BCUT2D eigenvalue weighted by molar-refractivity contribution is 0.162. The van der Waals surface area contributed by atoms with Crippen LogP contribution in [0.5, 0.6) is 5.75 Å². The lowest BCUT2D eigenvalue weighted by Crippen LogP contribution is -2.34. The van der Waals surface area contributed by atoms with Gasteiger partial charge in [0.2, 0.25) is 5.95 Å². The third-order valence-corrected chi connectivity index (χ3v) is 4.26. The van der Waals surface area contributed by atoms with Crippen molar-refractivity contribution in [1.82, 2.24) is 15.3 Å². The average molecular weight is 356 g/mol. The highest BCUT2D eigenvalue weighted by molar-refractivity contribution is 5.80. The van der Waals surface area contributed by atoms with Crippen molar-refractivity contribution in [1.29, 1.82) is 0 Å². The monoisotopic (exact) mass is 356 g/mol. The molecule has 1 aromatic heterocycles. The lowest BCUT2D eigenvalue weighted by atomic mass is 10.1. The van der Waals surface area contributed by atoms with Crippen LogP contribution in [0.3, 0.4) is 0 Å². The first kappa shape index (κ1) is 16.7. The summed E-state index contributed by atoms with van der Waals surface area (Å²) in [4.78, 5) is 8.61. The number of hydrogen-bond donors (Lipinski definition) is 2. The number of hydrogen-bond acceptors (Lipinski definition) is 5. The molecule has 5 nitrogen and oxygen atoms in total. The van der Waals surface area contributed by atoms with Gasteiger partial charge in [-0.3, -0.25) is 0 Å². The van der Waals surface area contributed by atoms with E-state index in [4.69, 9.17) is 4.74 Å². The molecule has 4 rings (SSSR count). The van der Waals surface area contributed by atoms with Gasteiger partial charge in [0.25, 0.3) is 0 Å². The van der Waals surface area contributed by atoms with Gasteiger partial charge in [0.1, 0.15) is 23.5 Å². The van der Waals surface area contributed by atoms with Crippen molar-refractivity contribution in [2.45, 2.75) is 18.9 Å². The zero-order valence-electron chi connectivity index (χ0n) is 14.0. The molecule has 0 bridgehead atoms. The highest BCUT2D eigenvalue weighted by atomic mass is 19.1. The molecule has 2 heterocycles. The van der Waals surface area contributed by atoms with Crippen LogP contribution in [-0.4, -0.2) is 29.2 Å². The van der Waals surface area contributed by atoms with Crippen LogP contribution in [0.25, 0.3) is 10.9 Å². The van der Waals surface area contributed by atoms with Crippen LogP contribution >= 0.6 is 0 Å². The molecule has 2 aromatic carbocycles. The number of nitrogens with zero attached hydrogens (tertiary/aromatic N) is 2. The second-order valence-corrected chi connectivity index (χ2v) is 6.26. The highest BCUT2D eigenvalue weighted by Gasteiger charge is 2.14. The van der Waals surface area contributed by atoms with Crippen molar-refractivity contribution in [3.8, 4) is 5.75 Å². The van der Waals surface area contributed by atoms with Crippen molar-refractivity contribution in [3.63, 3.8) is 0 Å². The lowest BCUT2D eigenvalue weighted by Gasteiger charge is -2.23. The molecule has 26 heavy (non-hydrogen) atoms. The fraction of sp³-hybridized carbons (Fsp3) is 0.263. The minimum absolute atomic E-state index is 0.198. The molecule has 0 radical (unpaired) electrons. The topological polar surface area (TPSA) is 59.1 Å². The summed E-state index contributed by atoms with van der Waals surface area (Å²) in [5.41, 5.74) is 0.953. The smallest absolute Gasteiger partial charge is 0.227 e. The summed E-state index contributed by atoms with van der Waals surface area (Å²) in [6, 6.07) is 8.86. The second-order valence-electron chi connectivity index (χ2n) is 6.26. The summed E-state index contributed by atoms with van der Waals surface area (Å²) in [6.45, 7) is 1.91. The zero-order valence-corrected chi connectivity index (χ0v) is 14.0. The van der Waals surface area contributed by atoms with Gasteiger partial charge in [-0.2, -0.15) is 0 Å². The summed E-state index contributed by atoms with van der Waals surface area (Å²) < 4.78 is 32.7. The van der Waals surface area contributed by atoms with E-state index in [0.29, 0.717) is 5.52 Å². The predicted molar refractivity (Wildman–Crippen MR) is 95.7 cm³/mol. The Kier molecular flexibility index (Phi) is 4.62. The third-order valence-electron chi connectivity index (χ3n) is 4.26.